The van der Waals surface area contributed by atoms with Gasteiger partial charge in [0.25, 0.3) is 5.91 Å². The fraction of sp³-hybridized carbons (Fsp3) is 0.158. The first-order valence-corrected chi connectivity index (χ1v) is 8.36. The van der Waals surface area contributed by atoms with Crippen LogP contribution in [-0.2, 0) is 20.9 Å². The van der Waals surface area contributed by atoms with E-state index >= 15 is 0 Å². The van der Waals surface area contributed by atoms with Crippen molar-refractivity contribution in [2.45, 2.75) is 19.6 Å². The monoisotopic (exact) mass is 377 g/mol. The molecular weight excluding hydrogens is 361 g/mol. The van der Waals surface area contributed by atoms with Gasteiger partial charge in [0.15, 0.2) is 6.10 Å². The van der Waals surface area contributed by atoms with Crippen molar-refractivity contribution in [2.24, 2.45) is 0 Å². The van der Waals surface area contributed by atoms with Crippen LogP contribution in [0.15, 0.2) is 54.6 Å². The number of ether oxygens (including phenoxy) is 1. The minimum Gasteiger partial charge on any atom is -0.449 e. The van der Waals surface area contributed by atoms with E-state index in [0.29, 0.717) is 22.2 Å². The van der Waals surface area contributed by atoms with E-state index in [0.717, 1.165) is 5.56 Å². The largest absolute Gasteiger partial charge is 0.449 e. The maximum Gasteiger partial charge on any atom is 0.331 e. The van der Waals surface area contributed by atoms with Crippen molar-refractivity contribution < 1.29 is 14.3 Å². The van der Waals surface area contributed by atoms with E-state index in [9.17, 15) is 9.59 Å². The second-order valence-electron chi connectivity index (χ2n) is 5.28. The summed E-state index contributed by atoms with van der Waals surface area (Å²) >= 11 is 11.8. The second kappa shape index (κ2) is 9.25. The molecule has 1 atom stereocenters. The van der Waals surface area contributed by atoms with Crippen LogP contribution in [0.1, 0.15) is 18.1 Å². The van der Waals surface area contributed by atoms with Gasteiger partial charge in [0.1, 0.15) is 0 Å². The minimum absolute atomic E-state index is 0.366. The Morgan fingerprint density at radius 1 is 1.16 bits per heavy atom. The molecule has 0 heterocycles. The number of hydrogen-bond acceptors (Lipinski definition) is 3. The summed E-state index contributed by atoms with van der Waals surface area (Å²) < 4.78 is 5.08. The highest BCUT2D eigenvalue weighted by atomic mass is 35.5. The van der Waals surface area contributed by atoms with Crippen LogP contribution in [0, 0.1) is 0 Å². The normalized spacial score (nSPS) is 12.0. The maximum atomic E-state index is 12.0. The maximum absolute atomic E-state index is 12.0. The lowest BCUT2D eigenvalue weighted by atomic mass is 10.2. The molecule has 1 amide bonds. The fourth-order valence-corrected chi connectivity index (χ4v) is 2.46. The highest BCUT2D eigenvalue weighted by Gasteiger charge is 2.16. The summed E-state index contributed by atoms with van der Waals surface area (Å²) in [7, 11) is 0. The molecule has 0 aliphatic heterocycles. The molecule has 0 aliphatic carbocycles. The molecule has 2 aromatic rings. The van der Waals surface area contributed by atoms with E-state index in [-0.39, 0.29) is 5.91 Å². The first-order valence-electron chi connectivity index (χ1n) is 7.61. The van der Waals surface area contributed by atoms with Crippen LogP contribution in [0.3, 0.4) is 0 Å². The molecular formula is C19H17Cl2NO3. The van der Waals surface area contributed by atoms with E-state index < -0.39 is 12.1 Å². The predicted molar refractivity (Wildman–Crippen MR) is 99.3 cm³/mol. The summed E-state index contributed by atoms with van der Waals surface area (Å²) in [6.45, 7) is 1.89. The number of carbonyl (C=O) groups excluding carboxylic acids is 2. The third-order valence-corrected chi connectivity index (χ3v) is 3.90. The van der Waals surface area contributed by atoms with Crippen LogP contribution < -0.4 is 5.32 Å². The Morgan fingerprint density at radius 3 is 2.56 bits per heavy atom. The molecule has 130 valence electrons. The summed E-state index contributed by atoms with van der Waals surface area (Å²) in [5.41, 5.74) is 1.59. The quantitative estimate of drug-likeness (QED) is 0.604. The van der Waals surface area contributed by atoms with Crippen LogP contribution in [0.5, 0.6) is 0 Å². The van der Waals surface area contributed by atoms with Crippen LogP contribution in [-0.4, -0.2) is 18.0 Å². The van der Waals surface area contributed by atoms with E-state index in [1.54, 1.807) is 18.2 Å². The molecule has 25 heavy (non-hydrogen) atoms. The van der Waals surface area contributed by atoms with E-state index in [1.807, 2.05) is 30.3 Å². The first kappa shape index (κ1) is 19.0. The Bertz CT molecular complexity index is 775. The molecule has 0 aliphatic rings. The lowest BCUT2D eigenvalue weighted by Gasteiger charge is -2.12. The van der Waals surface area contributed by atoms with Crippen molar-refractivity contribution in [1.82, 2.24) is 5.32 Å². The zero-order valence-corrected chi connectivity index (χ0v) is 15.1. The highest BCUT2D eigenvalue weighted by Crippen LogP contribution is 2.22. The molecule has 1 N–H and O–H groups in total. The summed E-state index contributed by atoms with van der Waals surface area (Å²) in [5.74, 6) is -0.997. The highest BCUT2D eigenvalue weighted by molar-refractivity contribution is 6.35. The van der Waals surface area contributed by atoms with Gasteiger partial charge in [-0.15, -0.1) is 0 Å². The molecule has 0 saturated carbocycles. The molecule has 0 spiro atoms. The van der Waals surface area contributed by atoms with Gasteiger partial charge in [-0.05, 0) is 36.3 Å². The summed E-state index contributed by atoms with van der Waals surface area (Å²) in [6, 6.07) is 14.4. The molecule has 0 bridgehead atoms. The van der Waals surface area contributed by atoms with Gasteiger partial charge in [-0.1, -0.05) is 59.6 Å². The molecule has 0 saturated heterocycles. The predicted octanol–water partition coefficient (Wildman–Crippen LogP) is 4.25. The Morgan fingerprint density at radius 2 is 1.88 bits per heavy atom. The number of amides is 1. The van der Waals surface area contributed by atoms with Crippen LogP contribution in [0.4, 0.5) is 0 Å². The van der Waals surface area contributed by atoms with E-state index in [4.69, 9.17) is 27.9 Å². The van der Waals surface area contributed by atoms with Gasteiger partial charge in [0.05, 0.1) is 0 Å². The lowest BCUT2D eigenvalue weighted by Crippen LogP contribution is -2.35. The number of rotatable bonds is 6. The van der Waals surface area contributed by atoms with Crippen molar-refractivity contribution in [2.75, 3.05) is 0 Å². The molecule has 2 rings (SSSR count). The standard InChI is InChI=1S/C19H17Cl2NO3/c1-13(19(24)22-12-14-5-3-2-4-6-14)25-18(23)10-8-15-7-9-16(20)11-17(15)21/h2-11,13H,12H2,1H3,(H,22,24)/b10-8+/t13-/m0/s1. The second-order valence-corrected chi connectivity index (χ2v) is 6.13. The van der Waals surface area contributed by atoms with Crippen molar-refractivity contribution in [3.05, 3.63) is 75.8 Å². The zero-order chi connectivity index (χ0) is 18.2. The van der Waals surface area contributed by atoms with Gasteiger partial charge >= 0.3 is 5.97 Å². The number of hydrogen-bond donors (Lipinski definition) is 1. The van der Waals surface area contributed by atoms with Crippen LogP contribution in [0.25, 0.3) is 6.08 Å². The number of esters is 1. The molecule has 4 nitrogen and oxygen atoms in total. The Hall–Kier alpha value is -2.30. The first-order chi connectivity index (χ1) is 12.0. The summed E-state index contributed by atoms with van der Waals surface area (Å²) in [4.78, 5) is 23.8. The Kier molecular flexibility index (Phi) is 7.04. The van der Waals surface area contributed by atoms with Gasteiger partial charge in [0.2, 0.25) is 0 Å². The smallest absolute Gasteiger partial charge is 0.331 e. The van der Waals surface area contributed by atoms with Crippen molar-refractivity contribution in [3.8, 4) is 0 Å². The molecule has 2 aromatic carbocycles. The van der Waals surface area contributed by atoms with E-state index in [2.05, 4.69) is 5.32 Å². The number of halogens is 2. The summed E-state index contributed by atoms with van der Waals surface area (Å²) in [6.07, 6.45) is 1.83. The van der Waals surface area contributed by atoms with Crippen molar-refractivity contribution in [3.63, 3.8) is 0 Å². The lowest BCUT2D eigenvalue weighted by molar-refractivity contribution is -0.150. The van der Waals surface area contributed by atoms with Gasteiger partial charge in [-0.25, -0.2) is 4.79 Å². The minimum atomic E-state index is -0.901. The van der Waals surface area contributed by atoms with Crippen molar-refractivity contribution in [1.29, 1.82) is 0 Å². The topological polar surface area (TPSA) is 55.4 Å². The molecule has 6 heteroatoms. The number of carbonyl (C=O) groups is 2. The SMILES string of the molecule is C[C@H](OC(=O)/C=C/c1ccc(Cl)cc1Cl)C(=O)NCc1ccccc1. The van der Waals surface area contributed by atoms with Gasteiger partial charge in [-0.3, -0.25) is 4.79 Å². The van der Waals surface area contributed by atoms with Crippen molar-refractivity contribution >= 4 is 41.2 Å². The fourth-order valence-electron chi connectivity index (χ4n) is 1.99. The van der Waals surface area contributed by atoms with E-state index in [1.165, 1.54) is 19.1 Å². The average Bonchev–Trinajstić information content (AvgIpc) is 2.59. The Labute approximate surface area is 156 Å². The van der Waals surface area contributed by atoms with Crippen LogP contribution in [0.2, 0.25) is 10.0 Å². The third-order valence-electron chi connectivity index (χ3n) is 3.33. The average molecular weight is 378 g/mol. The Balaban J connectivity index is 1.84. The van der Waals surface area contributed by atoms with Gasteiger partial charge < -0.3 is 10.1 Å². The molecule has 0 unspecified atom stereocenters. The number of nitrogens with one attached hydrogen (secondary N) is 1. The molecule has 0 aromatic heterocycles. The number of benzene rings is 2. The molecule has 0 radical (unpaired) electrons. The third kappa shape index (κ3) is 6.25. The molecule has 0 fully saturated rings. The van der Waals surface area contributed by atoms with Gasteiger partial charge in [0, 0.05) is 22.7 Å². The van der Waals surface area contributed by atoms with Crippen LogP contribution >= 0.6 is 23.2 Å². The summed E-state index contributed by atoms with van der Waals surface area (Å²) in [5, 5.41) is 3.65. The van der Waals surface area contributed by atoms with Gasteiger partial charge in [-0.2, -0.15) is 0 Å². The zero-order valence-electron chi connectivity index (χ0n) is 13.5.